The molecule has 2 aromatic rings. The van der Waals surface area contributed by atoms with Gasteiger partial charge in [-0.05, 0) is 56.5 Å². The third-order valence-electron chi connectivity index (χ3n) is 5.23. The van der Waals surface area contributed by atoms with E-state index >= 15 is 0 Å². The first-order chi connectivity index (χ1) is 15.6. The van der Waals surface area contributed by atoms with Gasteiger partial charge in [-0.2, -0.15) is 0 Å². The molecule has 0 aromatic heterocycles. The van der Waals surface area contributed by atoms with Gasteiger partial charge in [-0.15, -0.1) is 0 Å². The zero-order valence-corrected chi connectivity index (χ0v) is 19.7. The zero-order chi connectivity index (χ0) is 24.2. The Balaban J connectivity index is 1.70. The molecule has 8 heteroatoms. The second kappa shape index (κ2) is 9.94. The van der Waals surface area contributed by atoms with Crippen LogP contribution < -0.4 is 15.4 Å². The predicted octanol–water partition coefficient (Wildman–Crippen LogP) is 3.42. The highest BCUT2D eigenvalue weighted by molar-refractivity contribution is 5.97. The lowest BCUT2D eigenvalue weighted by Crippen LogP contribution is -2.54. The molecule has 0 saturated carbocycles. The van der Waals surface area contributed by atoms with Crippen molar-refractivity contribution in [2.45, 2.75) is 52.3 Å². The van der Waals surface area contributed by atoms with Crippen LogP contribution in [0.2, 0.25) is 0 Å². The fourth-order valence-electron chi connectivity index (χ4n) is 3.67. The Bertz CT molecular complexity index is 1040. The summed E-state index contributed by atoms with van der Waals surface area (Å²) in [4.78, 5) is 39.8. The van der Waals surface area contributed by atoms with E-state index in [4.69, 9.17) is 9.47 Å². The van der Waals surface area contributed by atoms with E-state index in [-0.39, 0.29) is 13.1 Å². The maximum Gasteiger partial charge on any atom is 0.411 e. The van der Waals surface area contributed by atoms with Crippen LogP contribution in [0.15, 0.2) is 42.5 Å². The minimum atomic E-state index is -0.781. The molecule has 176 valence electrons. The standard InChI is InChI=1S/C25H31N3O5/c1-16-10-11-21(32-5)19(12-16)27-22(29)14-26-23(30)20-13-17-8-6-7-9-18(17)15-28(20)24(31)33-25(2,3)4/h6-12,20H,13-15H2,1-5H3,(H,26,30)(H,27,29). The highest BCUT2D eigenvalue weighted by Gasteiger charge is 2.37. The molecule has 1 unspecified atom stereocenters. The fraction of sp³-hybridized carbons (Fsp3) is 0.400. The fourth-order valence-corrected chi connectivity index (χ4v) is 3.67. The van der Waals surface area contributed by atoms with Crippen LogP contribution in [0, 0.1) is 6.92 Å². The minimum Gasteiger partial charge on any atom is -0.495 e. The molecule has 1 atom stereocenters. The van der Waals surface area contributed by atoms with Crippen LogP contribution in [0.4, 0.5) is 10.5 Å². The molecule has 0 aliphatic carbocycles. The summed E-state index contributed by atoms with van der Waals surface area (Å²) in [5, 5.41) is 5.42. The van der Waals surface area contributed by atoms with Gasteiger partial charge in [-0.3, -0.25) is 14.5 Å². The normalized spacial score (nSPS) is 15.3. The van der Waals surface area contributed by atoms with Crippen molar-refractivity contribution in [3.8, 4) is 5.75 Å². The number of hydrogen-bond donors (Lipinski definition) is 2. The Morgan fingerprint density at radius 3 is 2.45 bits per heavy atom. The Labute approximate surface area is 194 Å². The lowest BCUT2D eigenvalue weighted by Gasteiger charge is -2.36. The van der Waals surface area contributed by atoms with Crippen molar-refractivity contribution in [1.29, 1.82) is 0 Å². The van der Waals surface area contributed by atoms with Gasteiger partial charge in [0, 0.05) is 6.42 Å². The number of anilines is 1. The van der Waals surface area contributed by atoms with Gasteiger partial charge in [0.1, 0.15) is 17.4 Å². The number of carbonyl (C=O) groups excluding carboxylic acids is 3. The second-order valence-electron chi connectivity index (χ2n) is 9.07. The van der Waals surface area contributed by atoms with Gasteiger partial charge in [0.2, 0.25) is 11.8 Å². The quantitative estimate of drug-likeness (QED) is 0.723. The average molecular weight is 454 g/mol. The van der Waals surface area contributed by atoms with Gasteiger partial charge >= 0.3 is 6.09 Å². The predicted molar refractivity (Wildman–Crippen MR) is 125 cm³/mol. The van der Waals surface area contributed by atoms with Crippen LogP contribution in [0.5, 0.6) is 5.75 Å². The van der Waals surface area contributed by atoms with Gasteiger partial charge in [0.25, 0.3) is 0 Å². The summed E-state index contributed by atoms with van der Waals surface area (Å²) in [5.74, 6) is -0.283. The number of amides is 3. The lowest BCUT2D eigenvalue weighted by atomic mass is 9.94. The maximum absolute atomic E-state index is 13.1. The number of nitrogens with one attached hydrogen (secondary N) is 2. The number of rotatable bonds is 5. The summed E-state index contributed by atoms with van der Waals surface area (Å²) in [6.07, 6.45) is -0.222. The third kappa shape index (κ3) is 6.25. The Morgan fingerprint density at radius 1 is 1.09 bits per heavy atom. The Morgan fingerprint density at radius 2 is 1.79 bits per heavy atom. The van der Waals surface area contributed by atoms with E-state index in [0.29, 0.717) is 17.9 Å². The summed E-state index contributed by atoms with van der Waals surface area (Å²) in [5.41, 5.74) is 2.76. The monoisotopic (exact) mass is 453 g/mol. The van der Waals surface area contributed by atoms with Crippen molar-refractivity contribution in [3.63, 3.8) is 0 Å². The summed E-state index contributed by atoms with van der Waals surface area (Å²) in [6, 6.07) is 12.3. The number of nitrogens with zero attached hydrogens (tertiary/aromatic N) is 1. The van der Waals surface area contributed by atoms with Crippen molar-refractivity contribution in [2.75, 3.05) is 19.0 Å². The van der Waals surface area contributed by atoms with Gasteiger partial charge < -0.3 is 20.1 Å². The van der Waals surface area contributed by atoms with Crippen LogP contribution in [0.1, 0.15) is 37.5 Å². The first-order valence-electron chi connectivity index (χ1n) is 10.9. The molecule has 0 spiro atoms. The zero-order valence-electron chi connectivity index (χ0n) is 19.7. The van der Waals surface area contributed by atoms with Crippen LogP contribution in [0.3, 0.4) is 0 Å². The topological polar surface area (TPSA) is 97.0 Å². The molecular weight excluding hydrogens is 422 g/mol. The van der Waals surface area contributed by atoms with Crippen molar-refractivity contribution in [3.05, 3.63) is 59.2 Å². The summed E-state index contributed by atoms with van der Waals surface area (Å²) < 4.78 is 10.8. The number of hydrogen-bond acceptors (Lipinski definition) is 5. The molecule has 3 amide bonds. The van der Waals surface area contributed by atoms with Gasteiger partial charge in [-0.1, -0.05) is 30.3 Å². The molecule has 33 heavy (non-hydrogen) atoms. The largest absolute Gasteiger partial charge is 0.495 e. The number of fused-ring (bicyclic) bond motifs is 1. The minimum absolute atomic E-state index is 0.240. The van der Waals surface area contributed by atoms with Gasteiger partial charge in [0.05, 0.1) is 25.9 Å². The molecular formula is C25H31N3O5. The van der Waals surface area contributed by atoms with Crippen molar-refractivity contribution in [1.82, 2.24) is 10.2 Å². The molecule has 2 aromatic carbocycles. The van der Waals surface area contributed by atoms with Crippen LogP contribution in [-0.2, 0) is 27.3 Å². The number of methoxy groups -OCH3 is 1. The molecule has 0 bridgehead atoms. The van der Waals surface area contributed by atoms with E-state index < -0.39 is 29.6 Å². The van der Waals surface area contributed by atoms with E-state index in [1.54, 1.807) is 32.9 Å². The molecule has 3 rings (SSSR count). The van der Waals surface area contributed by atoms with Gasteiger partial charge in [-0.25, -0.2) is 4.79 Å². The van der Waals surface area contributed by atoms with Crippen LogP contribution >= 0.6 is 0 Å². The van der Waals surface area contributed by atoms with Crippen LogP contribution in [-0.4, -0.2) is 48.1 Å². The Kier molecular flexibility index (Phi) is 7.26. The van der Waals surface area contributed by atoms with Crippen molar-refractivity contribution < 1.29 is 23.9 Å². The molecule has 1 heterocycles. The molecule has 1 aliphatic heterocycles. The summed E-state index contributed by atoms with van der Waals surface area (Å²) in [7, 11) is 1.52. The molecule has 0 saturated heterocycles. The summed E-state index contributed by atoms with van der Waals surface area (Å²) in [6.45, 7) is 7.26. The Hall–Kier alpha value is -3.55. The third-order valence-corrected chi connectivity index (χ3v) is 5.23. The molecule has 2 N–H and O–H groups in total. The molecule has 0 fully saturated rings. The second-order valence-corrected chi connectivity index (χ2v) is 9.07. The van der Waals surface area contributed by atoms with Crippen molar-refractivity contribution in [2.24, 2.45) is 0 Å². The lowest BCUT2D eigenvalue weighted by molar-refractivity contribution is -0.128. The maximum atomic E-state index is 13.1. The van der Waals surface area contributed by atoms with E-state index in [0.717, 1.165) is 16.7 Å². The number of carbonyl (C=O) groups is 3. The smallest absolute Gasteiger partial charge is 0.411 e. The first kappa shape index (κ1) is 24.1. The van der Waals surface area contributed by atoms with E-state index in [1.807, 2.05) is 37.3 Å². The molecule has 8 nitrogen and oxygen atoms in total. The van der Waals surface area contributed by atoms with Crippen LogP contribution in [0.25, 0.3) is 0 Å². The average Bonchev–Trinajstić information content (AvgIpc) is 2.75. The molecule has 1 aliphatic rings. The van der Waals surface area contributed by atoms with E-state index in [1.165, 1.54) is 12.0 Å². The first-order valence-corrected chi connectivity index (χ1v) is 10.9. The molecule has 0 radical (unpaired) electrons. The highest BCUT2D eigenvalue weighted by atomic mass is 16.6. The number of aryl methyl sites for hydroxylation is 1. The number of ether oxygens (including phenoxy) is 2. The summed E-state index contributed by atoms with van der Waals surface area (Å²) >= 11 is 0. The number of benzene rings is 2. The highest BCUT2D eigenvalue weighted by Crippen LogP contribution is 2.26. The van der Waals surface area contributed by atoms with Crippen molar-refractivity contribution >= 4 is 23.6 Å². The van der Waals surface area contributed by atoms with E-state index in [2.05, 4.69) is 10.6 Å². The van der Waals surface area contributed by atoms with Gasteiger partial charge in [0.15, 0.2) is 0 Å². The SMILES string of the molecule is COc1ccc(C)cc1NC(=O)CNC(=O)C1Cc2ccccc2CN1C(=O)OC(C)(C)C. The van der Waals surface area contributed by atoms with E-state index in [9.17, 15) is 14.4 Å².